The first-order chi connectivity index (χ1) is 11.1. The lowest BCUT2D eigenvalue weighted by Gasteiger charge is -2.32. The number of hydrogen-bond acceptors (Lipinski definition) is 4. The first-order valence-electron chi connectivity index (χ1n) is 7.52. The Kier molecular flexibility index (Phi) is 4.48. The number of phenols is 1. The zero-order valence-electron chi connectivity index (χ0n) is 12.9. The Morgan fingerprint density at radius 3 is 2.87 bits per heavy atom. The Hall–Kier alpha value is -2.53. The molecule has 0 fully saturated rings. The third kappa shape index (κ3) is 3.46. The SMILES string of the molecule is CN(C(=O)OCc1ccccc1)C1OCCc2cc(O)ccc21. The van der Waals surface area contributed by atoms with Gasteiger partial charge >= 0.3 is 6.09 Å². The summed E-state index contributed by atoms with van der Waals surface area (Å²) in [5, 5.41) is 9.59. The highest BCUT2D eigenvalue weighted by atomic mass is 16.6. The van der Waals surface area contributed by atoms with Crippen LogP contribution in [0.5, 0.6) is 5.75 Å². The van der Waals surface area contributed by atoms with Crippen LogP contribution in [0.4, 0.5) is 4.79 Å². The highest BCUT2D eigenvalue weighted by molar-refractivity contribution is 5.68. The summed E-state index contributed by atoms with van der Waals surface area (Å²) in [4.78, 5) is 13.7. The van der Waals surface area contributed by atoms with Crippen LogP contribution in [-0.4, -0.2) is 29.8 Å². The minimum Gasteiger partial charge on any atom is -0.508 e. The predicted molar refractivity (Wildman–Crippen MR) is 84.9 cm³/mol. The lowest BCUT2D eigenvalue weighted by atomic mass is 10.0. The molecule has 0 aliphatic carbocycles. The average Bonchev–Trinajstić information content (AvgIpc) is 2.59. The number of hydrogen-bond donors (Lipinski definition) is 1. The maximum atomic E-state index is 12.3. The van der Waals surface area contributed by atoms with E-state index < -0.39 is 12.3 Å². The van der Waals surface area contributed by atoms with Gasteiger partial charge in [-0.15, -0.1) is 0 Å². The molecule has 23 heavy (non-hydrogen) atoms. The van der Waals surface area contributed by atoms with Crippen LogP contribution in [0.25, 0.3) is 0 Å². The molecule has 1 amide bonds. The summed E-state index contributed by atoms with van der Waals surface area (Å²) in [6, 6.07) is 14.6. The highest BCUT2D eigenvalue weighted by Gasteiger charge is 2.28. The summed E-state index contributed by atoms with van der Waals surface area (Å²) in [5.41, 5.74) is 2.81. The molecule has 120 valence electrons. The number of fused-ring (bicyclic) bond motifs is 1. The summed E-state index contributed by atoms with van der Waals surface area (Å²) in [7, 11) is 1.65. The average molecular weight is 313 g/mol. The molecule has 1 heterocycles. The largest absolute Gasteiger partial charge is 0.508 e. The summed E-state index contributed by atoms with van der Waals surface area (Å²) >= 11 is 0. The minimum atomic E-state index is -0.498. The summed E-state index contributed by atoms with van der Waals surface area (Å²) in [5.74, 6) is 0.221. The van der Waals surface area contributed by atoms with Gasteiger partial charge in [0.05, 0.1) is 6.61 Å². The van der Waals surface area contributed by atoms with Gasteiger partial charge in [-0.05, 0) is 29.7 Å². The second kappa shape index (κ2) is 6.71. The lowest BCUT2D eigenvalue weighted by Crippen LogP contribution is -2.36. The molecule has 3 rings (SSSR count). The Bertz CT molecular complexity index is 687. The van der Waals surface area contributed by atoms with E-state index in [2.05, 4.69) is 0 Å². The van der Waals surface area contributed by atoms with Crippen LogP contribution in [0.3, 0.4) is 0 Å². The van der Waals surface area contributed by atoms with E-state index in [1.807, 2.05) is 30.3 Å². The molecule has 0 aromatic heterocycles. The Morgan fingerprint density at radius 2 is 2.09 bits per heavy atom. The van der Waals surface area contributed by atoms with Crippen LogP contribution >= 0.6 is 0 Å². The maximum Gasteiger partial charge on any atom is 0.412 e. The number of benzene rings is 2. The van der Waals surface area contributed by atoms with Gasteiger partial charge in [0.25, 0.3) is 0 Å². The summed E-state index contributed by atoms with van der Waals surface area (Å²) in [6.07, 6.45) is -0.227. The number of carbonyl (C=O) groups is 1. The number of ether oxygens (including phenoxy) is 2. The Balaban J connectivity index is 1.68. The Labute approximate surface area is 135 Å². The molecule has 5 heteroatoms. The van der Waals surface area contributed by atoms with Gasteiger partial charge in [-0.2, -0.15) is 0 Å². The van der Waals surface area contributed by atoms with Gasteiger partial charge in [0.1, 0.15) is 12.4 Å². The molecule has 1 N–H and O–H groups in total. The smallest absolute Gasteiger partial charge is 0.412 e. The number of amides is 1. The van der Waals surface area contributed by atoms with E-state index in [0.717, 1.165) is 16.7 Å². The van der Waals surface area contributed by atoms with Gasteiger partial charge in [0.2, 0.25) is 0 Å². The standard InChI is InChI=1S/C18H19NO4/c1-19(18(21)23-12-13-5-3-2-4-6-13)17-16-8-7-15(20)11-14(16)9-10-22-17/h2-8,11,17,20H,9-10,12H2,1H3. The first kappa shape index (κ1) is 15.4. The number of phenolic OH excluding ortho intramolecular Hbond substituents is 1. The molecule has 5 nitrogen and oxygen atoms in total. The van der Waals surface area contributed by atoms with Crippen molar-refractivity contribution in [1.29, 1.82) is 0 Å². The van der Waals surface area contributed by atoms with Gasteiger partial charge in [0, 0.05) is 12.6 Å². The third-order valence-electron chi connectivity index (χ3n) is 3.88. The molecule has 1 unspecified atom stereocenters. The third-order valence-corrected chi connectivity index (χ3v) is 3.88. The van der Waals surface area contributed by atoms with Crippen molar-refractivity contribution in [3.05, 3.63) is 65.2 Å². The van der Waals surface area contributed by atoms with Gasteiger partial charge in [0.15, 0.2) is 6.23 Å². The van der Waals surface area contributed by atoms with Gasteiger partial charge in [-0.25, -0.2) is 4.79 Å². The van der Waals surface area contributed by atoms with Crippen LogP contribution in [0.2, 0.25) is 0 Å². The van der Waals surface area contributed by atoms with Crippen molar-refractivity contribution in [3.63, 3.8) is 0 Å². The number of carbonyl (C=O) groups excluding carboxylic acids is 1. The monoisotopic (exact) mass is 313 g/mol. The summed E-state index contributed by atoms with van der Waals surface area (Å²) in [6.45, 7) is 0.719. The van der Waals surface area contributed by atoms with Crippen molar-refractivity contribution in [2.45, 2.75) is 19.3 Å². The normalized spacial score (nSPS) is 16.5. The van der Waals surface area contributed by atoms with Crippen molar-refractivity contribution >= 4 is 6.09 Å². The predicted octanol–water partition coefficient (Wildman–Crippen LogP) is 3.23. The topological polar surface area (TPSA) is 59.0 Å². The molecular weight excluding hydrogens is 294 g/mol. The van der Waals surface area contributed by atoms with Gasteiger partial charge in [-0.1, -0.05) is 36.4 Å². The minimum absolute atomic E-state index is 0.221. The van der Waals surface area contributed by atoms with E-state index in [4.69, 9.17) is 9.47 Å². The first-order valence-corrected chi connectivity index (χ1v) is 7.52. The molecule has 1 atom stereocenters. The fourth-order valence-electron chi connectivity index (χ4n) is 2.66. The van der Waals surface area contributed by atoms with Crippen LogP contribution in [-0.2, 0) is 22.5 Å². The molecular formula is C18H19NO4. The second-order valence-electron chi connectivity index (χ2n) is 5.51. The molecule has 0 saturated carbocycles. The van der Waals surface area contributed by atoms with E-state index in [-0.39, 0.29) is 12.4 Å². The number of aromatic hydroxyl groups is 1. The van der Waals surface area contributed by atoms with E-state index in [0.29, 0.717) is 13.0 Å². The lowest BCUT2D eigenvalue weighted by molar-refractivity contribution is -0.0541. The van der Waals surface area contributed by atoms with Crippen molar-refractivity contribution in [2.24, 2.45) is 0 Å². The van der Waals surface area contributed by atoms with Gasteiger partial charge < -0.3 is 14.6 Å². The van der Waals surface area contributed by atoms with Crippen LogP contribution in [0.15, 0.2) is 48.5 Å². The van der Waals surface area contributed by atoms with Crippen molar-refractivity contribution in [1.82, 2.24) is 4.90 Å². The maximum absolute atomic E-state index is 12.3. The quantitative estimate of drug-likeness (QED) is 0.945. The van der Waals surface area contributed by atoms with E-state index >= 15 is 0 Å². The second-order valence-corrected chi connectivity index (χ2v) is 5.51. The van der Waals surface area contributed by atoms with Crippen molar-refractivity contribution in [2.75, 3.05) is 13.7 Å². The Morgan fingerprint density at radius 1 is 1.30 bits per heavy atom. The number of nitrogens with zero attached hydrogens (tertiary/aromatic N) is 1. The number of rotatable bonds is 3. The summed E-state index contributed by atoms with van der Waals surface area (Å²) < 4.78 is 11.1. The molecule has 2 aromatic rings. The zero-order chi connectivity index (χ0) is 16.2. The van der Waals surface area contributed by atoms with Crippen molar-refractivity contribution in [3.8, 4) is 5.75 Å². The highest BCUT2D eigenvalue weighted by Crippen LogP contribution is 2.31. The van der Waals surface area contributed by atoms with Crippen LogP contribution < -0.4 is 0 Å². The molecule has 0 bridgehead atoms. The van der Waals surface area contributed by atoms with E-state index in [1.54, 1.807) is 25.2 Å². The molecule has 1 aliphatic heterocycles. The molecule has 0 radical (unpaired) electrons. The fraction of sp³-hybridized carbons (Fsp3) is 0.278. The molecule has 1 aliphatic rings. The van der Waals surface area contributed by atoms with Crippen molar-refractivity contribution < 1.29 is 19.4 Å². The van der Waals surface area contributed by atoms with E-state index in [1.165, 1.54) is 4.90 Å². The molecule has 0 saturated heterocycles. The fourth-order valence-corrected chi connectivity index (χ4v) is 2.66. The van der Waals surface area contributed by atoms with Crippen LogP contribution in [0, 0.1) is 0 Å². The zero-order valence-corrected chi connectivity index (χ0v) is 12.9. The van der Waals surface area contributed by atoms with Gasteiger partial charge in [-0.3, -0.25) is 4.90 Å². The molecule has 0 spiro atoms. The van der Waals surface area contributed by atoms with E-state index in [9.17, 15) is 9.90 Å². The molecule has 2 aromatic carbocycles. The van der Waals surface area contributed by atoms with Crippen LogP contribution in [0.1, 0.15) is 22.9 Å².